The highest BCUT2D eigenvalue weighted by atomic mass is 35.5. The van der Waals surface area contributed by atoms with E-state index >= 15 is 0 Å². The molecule has 0 spiro atoms. The molecule has 0 bridgehead atoms. The Bertz CT molecular complexity index is 640. The molecule has 0 unspecified atom stereocenters. The monoisotopic (exact) mass is 323 g/mol. The summed E-state index contributed by atoms with van der Waals surface area (Å²) in [6, 6.07) is 6.10. The van der Waals surface area contributed by atoms with Crippen molar-refractivity contribution < 1.29 is 9.53 Å². The number of imidazole rings is 1. The molecule has 2 rings (SSSR count). The van der Waals surface area contributed by atoms with Crippen LogP contribution in [0.25, 0.3) is 11.0 Å². The number of nitrogens with one attached hydrogen (secondary N) is 1. The van der Waals surface area contributed by atoms with Gasteiger partial charge in [-0.3, -0.25) is 4.79 Å². The first-order valence-electron chi connectivity index (χ1n) is 7.56. The number of hydrogen-bond acceptors (Lipinski definition) is 4. The van der Waals surface area contributed by atoms with E-state index in [9.17, 15) is 4.79 Å². The van der Waals surface area contributed by atoms with E-state index in [0.717, 1.165) is 41.9 Å². The number of nitrogens with zero attached hydrogens (tertiary/aromatic N) is 2. The molecule has 0 amide bonds. The zero-order chi connectivity index (χ0) is 15.9. The highest BCUT2D eigenvalue weighted by molar-refractivity contribution is 6.18. The van der Waals surface area contributed by atoms with Crippen LogP contribution < -0.4 is 5.32 Å². The van der Waals surface area contributed by atoms with Crippen molar-refractivity contribution in [2.24, 2.45) is 7.05 Å². The normalized spacial score (nSPS) is 10.9. The second-order valence-corrected chi connectivity index (χ2v) is 5.44. The first kappa shape index (κ1) is 16.6. The molecule has 6 heteroatoms. The molecule has 0 saturated heterocycles. The van der Waals surface area contributed by atoms with Crippen LogP contribution in [0.15, 0.2) is 18.2 Å². The van der Waals surface area contributed by atoms with Crippen LogP contribution in [0.5, 0.6) is 0 Å². The largest absolute Gasteiger partial charge is 0.466 e. The van der Waals surface area contributed by atoms with Gasteiger partial charge in [-0.05, 0) is 31.5 Å². The van der Waals surface area contributed by atoms with E-state index in [1.54, 1.807) is 0 Å². The summed E-state index contributed by atoms with van der Waals surface area (Å²) in [6.45, 7) is 2.98. The summed E-state index contributed by atoms with van der Waals surface area (Å²) in [5, 5.41) is 3.24. The number of halogens is 1. The highest BCUT2D eigenvalue weighted by Crippen LogP contribution is 2.20. The van der Waals surface area contributed by atoms with Gasteiger partial charge in [-0.15, -0.1) is 11.6 Å². The van der Waals surface area contributed by atoms with Crippen LogP contribution in [0.4, 0.5) is 5.69 Å². The van der Waals surface area contributed by atoms with E-state index in [1.165, 1.54) is 0 Å². The molecule has 0 aliphatic heterocycles. The maximum Gasteiger partial charge on any atom is 0.305 e. The fourth-order valence-corrected chi connectivity index (χ4v) is 2.49. The Labute approximate surface area is 135 Å². The predicted molar refractivity (Wildman–Crippen MR) is 89.5 cm³/mol. The lowest BCUT2D eigenvalue weighted by atomic mass is 10.2. The molecule has 0 aliphatic carbocycles. The Hall–Kier alpha value is -1.75. The summed E-state index contributed by atoms with van der Waals surface area (Å²) >= 11 is 5.68. The Morgan fingerprint density at radius 1 is 1.45 bits per heavy atom. The Morgan fingerprint density at radius 2 is 2.27 bits per heavy atom. The molecule has 1 aromatic heterocycles. The van der Waals surface area contributed by atoms with Gasteiger partial charge >= 0.3 is 5.97 Å². The molecule has 0 saturated carbocycles. The number of fused-ring (bicyclic) bond motifs is 1. The molecule has 0 aliphatic rings. The summed E-state index contributed by atoms with van der Waals surface area (Å²) in [5.41, 5.74) is 3.06. The van der Waals surface area contributed by atoms with E-state index in [4.69, 9.17) is 16.3 Å². The topological polar surface area (TPSA) is 56.1 Å². The van der Waals surface area contributed by atoms with Gasteiger partial charge in [0.2, 0.25) is 0 Å². The minimum absolute atomic E-state index is 0.145. The van der Waals surface area contributed by atoms with E-state index < -0.39 is 0 Å². The number of carbonyl (C=O) groups is 1. The van der Waals surface area contributed by atoms with Crippen LogP contribution in [0, 0.1) is 0 Å². The van der Waals surface area contributed by atoms with Crippen LogP contribution in [0.3, 0.4) is 0 Å². The summed E-state index contributed by atoms with van der Waals surface area (Å²) in [4.78, 5) is 16.0. The Balaban J connectivity index is 2.04. The van der Waals surface area contributed by atoms with Crippen LogP contribution in [0.2, 0.25) is 0 Å². The highest BCUT2D eigenvalue weighted by Gasteiger charge is 2.09. The van der Waals surface area contributed by atoms with Gasteiger partial charge < -0.3 is 14.6 Å². The van der Waals surface area contributed by atoms with Crippen LogP contribution in [-0.4, -0.2) is 34.6 Å². The number of rotatable bonds is 8. The van der Waals surface area contributed by atoms with Crippen molar-refractivity contribution in [3.05, 3.63) is 24.0 Å². The number of esters is 1. The number of benzene rings is 1. The molecule has 5 nitrogen and oxygen atoms in total. The molecule has 0 fully saturated rings. The number of hydrogen-bond donors (Lipinski definition) is 1. The van der Waals surface area contributed by atoms with Crippen molar-refractivity contribution in [1.29, 1.82) is 0 Å². The van der Waals surface area contributed by atoms with Crippen molar-refractivity contribution >= 4 is 34.3 Å². The van der Waals surface area contributed by atoms with E-state index in [0.29, 0.717) is 18.9 Å². The SMILES string of the molecule is CCOC(=O)CCCc1nc2cc(NCCCl)ccc2n1C. The summed E-state index contributed by atoms with van der Waals surface area (Å²) in [5.74, 6) is 1.40. The predicted octanol–water partition coefficient (Wildman–Crippen LogP) is 3.11. The van der Waals surface area contributed by atoms with Crippen LogP contribution in [-0.2, 0) is 23.0 Å². The lowest BCUT2D eigenvalue weighted by molar-refractivity contribution is -0.143. The quantitative estimate of drug-likeness (QED) is 0.599. The zero-order valence-corrected chi connectivity index (χ0v) is 13.8. The third-order valence-electron chi connectivity index (χ3n) is 3.48. The third-order valence-corrected chi connectivity index (χ3v) is 3.67. The maximum absolute atomic E-state index is 11.4. The molecular weight excluding hydrogens is 302 g/mol. The number of anilines is 1. The van der Waals surface area contributed by atoms with Gasteiger partial charge in [-0.1, -0.05) is 0 Å². The number of aryl methyl sites for hydroxylation is 2. The lowest BCUT2D eigenvalue weighted by Gasteiger charge is -2.04. The van der Waals surface area contributed by atoms with Crippen molar-refractivity contribution in [1.82, 2.24) is 9.55 Å². The van der Waals surface area contributed by atoms with Gasteiger partial charge in [0.15, 0.2) is 0 Å². The van der Waals surface area contributed by atoms with Crippen molar-refractivity contribution in [2.45, 2.75) is 26.2 Å². The third kappa shape index (κ3) is 4.13. The fraction of sp³-hybridized carbons (Fsp3) is 0.500. The lowest BCUT2D eigenvalue weighted by Crippen LogP contribution is -2.05. The van der Waals surface area contributed by atoms with E-state index in [1.807, 2.05) is 32.2 Å². The Kier molecular flexibility index (Phi) is 6.07. The summed E-state index contributed by atoms with van der Waals surface area (Å²) in [6.07, 6.45) is 1.93. The van der Waals surface area contributed by atoms with Gasteiger partial charge in [0.25, 0.3) is 0 Å². The number of alkyl halides is 1. The van der Waals surface area contributed by atoms with Crippen molar-refractivity contribution in [3.63, 3.8) is 0 Å². The van der Waals surface area contributed by atoms with Gasteiger partial charge in [0, 0.05) is 38.0 Å². The van der Waals surface area contributed by atoms with Crippen LogP contribution in [0.1, 0.15) is 25.6 Å². The standard InChI is InChI=1S/C16H22ClN3O2/c1-3-22-16(21)6-4-5-15-19-13-11-12(18-10-9-17)7-8-14(13)20(15)2/h7-8,11,18H,3-6,9-10H2,1-2H3. The second kappa shape index (κ2) is 8.03. The van der Waals surface area contributed by atoms with E-state index in [-0.39, 0.29) is 5.97 Å². The van der Waals surface area contributed by atoms with Gasteiger partial charge in [0.1, 0.15) is 5.82 Å². The average molecular weight is 324 g/mol. The number of ether oxygens (including phenoxy) is 1. The molecule has 120 valence electrons. The fourth-order valence-electron chi connectivity index (χ4n) is 2.40. The second-order valence-electron chi connectivity index (χ2n) is 5.06. The minimum atomic E-state index is -0.145. The molecular formula is C16H22ClN3O2. The number of carbonyl (C=O) groups excluding carboxylic acids is 1. The maximum atomic E-state index is 11.4. The summed E-state index contributed by atoms with van der Waals surface area (Å²) in [7, 11) is 2.00. The first-order valence-corrected chi connectivity index (χ1v) is 8.10. The Morgan fingerprint density at radius 3 is 3.00 bits per heavy atom. The molecule has 2 aromatic rings. The minimum Gasteiger partial charge on any atom is -0.466 e. The smallest absolute Gasteiger partial charge is 0.305 e. The molecule has 1 N–H and O–H groups in total. The molecule has 0 atom stereocenters. The zero-order valence-electron chi connectivity index (χ0n) is 13.1. The first-order chi connectivity index (χ1) is 10.7. The van der Waals surface area contributed by atoms with Gasteiger partial charge in [-0.2, -0.15) is 0 Å². The van der Waals surface area contributed by atoms with Gasteiger partial charge in [0.05, 0.1) is 17.6 Å². The molecule has 22 heavy (non-hydrogen) atoms. The molecule has 1 aromatic carbocycles. The summed E-state index contributed by atoms with van der Waals surface area (Å²) < 4.78 is 7.01. The van der Waals surface area contributed by atoms with Crippen molar-refractivity contribution in [3.8, 4) is 0 Å². The number of aromatic nitrogens is 2. The molecule has 1 heterocycles. The average Bonchev–Trinajstić information content (AvgIpc) is 2.81. The molecule has 0 radical (unpaired) electrons. The van der Waals surface area contributed by atoms with Crippen LogP contribution >= 0.6 is 11.6 Å². The van der Waals surface area contributed by atoms with E-state index in [2.05, 4.69) is 14.9 Å². The van der Waals surface area contributed by atoms with Gasteiger partial charge in [-0.25, -0.2) is 4.98 Å². The van der Waals surface area contributed by atoms with Crippen molar-refractivity contribution in [2.75, 3.05) is 24.3 Å².